The number of carboxylic acids is 1. The number of nitriles is 1. The molecule has 18 heavy (non-hydrogen) atoms. The maximum absolute atomic E-state index is 13.2. The second-order valence-electron chi connectivity index (χ2n) is 2.95. The summed E-state index contributed by atoms with van der Waals surface area (Å²) in [6.07, 6.45) is 3.26. The van der Waals surface area contributed by atoms with Crippen LogP contribution < -0.4 is 5.32 Å². The number of aromatic carboxylic acids is 1. The topological polar surface area (TPSA) is 106 Å². The van der Waals surface area contributed by atoms with E-state index in [2.05, 4.69) is 10.3 Å². The molecule has 8 heteroatoms. The highest BCUT2D eigenvalue weighted by Crippen LogP contribution is 2.32. The van der Waals surface area contributed by atoms with Gasteiger partial charge in [0.15, 0.2) is 17.1 Å². The molecule has 0 radical (unpaired) electrons. The van der Waals surface area contributed by atoms with Crippen molar-refractivity contribution in [2.45, 2.75) is 0 Å². The summed E-state index contributed by atoms with van der Waals surface area (Å²) in [7, 11) is 0. The number of nitrogens with zero attached hydrogens (tertiary/aromatic N) is 2. The van der Waals surface area contributed by atoms with Crippen LogP contribution >= 0.6 is 11.8 Å². The van der Waals surface area contributed by atoms with Crippen molar-refractivity contribution < 1.29 is 19.4 Å². The lowest BCUT2D eigenvalue weighted by molar-refractivity contribution is 0.0688. The molecule has 0 aromatic heterocycles. The molecule has 0 aliphatic rings. The smallest absolute Gasteiger partial charge is 0.342 e. The summed E-state index contributed by atoms with van der Waals surface area (Å²) in [6.45, 7) is 0. The summed E-state index contributed by atoms with van der Waals surface area (Å²) >= 11 is 1.08. The van der Waals surface area contributed by atoms with Gasteiger partial charge in [-0.05, 0) is 18.4 Å². The quantitative estimate of drug-likeness (QED) is 0.326. The molecule has 0 unspecified atom stereocenters. The minimum Gasteiger partial charge on any atom is -0.505 e. The molecule has 0 saturated heterocycles. The van der Waals surface area contributed by atoms with E-state index in [1.807, 2.05) is 0 Å². The molecular formula is C10H8FN3O3S. The van der Waals surface area contributed by atoms with Crippen molar-refractivity contribution >= 4 is 28.6 Å². The number of aromatic hydroxyl groups is 1. The molecule has 3 N–H and O–H groups in total. The third-order valence-electron chi connectivity index (χ3n) is 1.90. The third-order valence-corrected chi connectivity index (χ3v) is 2.48. The Hall–Kier alpha value is -2.27. The molecule has 1 rings (SSSR count). The van der Waals surface area contributed by atoms with Gasteiger partial charge in [0.25, 0.3) is 0 Å². The second-order valence-corrected chi connectivity index (χ2v) is 3.75. The van der Waals surface area contributed by atoms with Crippen LogP contribution in [-0.4, -0.2) is 27.6 Å². The SMILES string of the molecule is CSC(=Nc1ccc(F)c(C(=O)O)c1O)NC#N. The van der Waals surface area contributed by atoms with Crippen LogP contribution in [0, 0.1) is 17.3 Å². The summed E-state index contributed by atoms with van der Waals surface area (Å²) in [5.74, 6) is -3.44. The van der Waals surface area contributed by atoms with Gasteiger partial charge < -0.3 is 10.2 Å². The minimum atomic E-state index is -1.60. The molecule has 0 saturated carbocycles. The Labute approximate surface area is 106 Å². The maximum atomic E-state index is 13.2. The van der Waals surface area contributed by atoms with Gasteiger partial charge >= 0.3 is 5.97 Å². The summed E-state index contributed by atoms with van der Waals surface area (Å²) in [6, 6.07) is 2.00. The first-order valence-corrected chi connectivity index (χ1v) is 5.76. The van der Waals surface area contributed by atoms with E-state index >= 15 is 0 Å². The average Bonchev–Trinajstić information content (AvgIpc) is 2.31. The van der Waals surface area contributed by atoms with Crippen molar-refractivity contribution in [3.63, 3.8) is 0 Å². The van der Waals surface area contributed by atoms with Crippen LogP contribution in [0.4, 0.5) is 10.1 Å². The highest BCUT2D eigenvalue weighted by Gasteiger charge is 2.19. The lowest BCUT2D eigenvalue weighted by Gasteiger charge is -2.05. The average molecular weight is 269 g/mol. The van der Waals surface area contributed by atoms with E-state index in [1.165, 1.54) is 0 Å². The van der Waals surface area contributed by atoms with Gasteiger partial charge in [0, 0.05) is 0 Å². The number of hydrogen-bond acceptors (Lipinski definition) is 5. The predicted molar refractivity (Wildman–Crippen MR) is 64.4 cm³/mol. The first-order chi connectivity index (χ1) is 8.51. The van der Waals surface area contributed by atoms with Crippen LogP contribution in [0.5, 0.6) is 5.75 Å². The number of carbonyl (C=O) groups is 1. The second kappa shape index (κ2) is 5.88. The molecular weight excluding hydrogens is 261 g/mol. The van der Waals surface area contributed by atoms with Crippen LogP contribution in [0.15, 0.2) is 17.1 Å². The van der Waals surface area contributed by atoms with Gasteiger partial charge in [-0.25, -0.2) is 14.2 Å². The summed E-state index contributed by atoms with van der Waals surface area (Å²) < 4.78 is 13.2. The predicted octanol–water partition coefficient (Wildman–Crippen LogP) is 1.65. The summed E-state index contributed by atoms with van der Waals surface area (Å²) in [5.41, 5.74) is -0.991. The number of amidine groups is 1. The lowest BCUT2D eigenvalue weighted by Crippen LogP contribution is -2.12. The number of thioether (sulfide) groups is 1. The van der Waals surface area contributed by atoms with Gasteiger partial charge in [-0.3, -0.25) is 5.32 Å². The Balaban J connectivity index is 3.32. The van der Waals surface area contributed by atoms with Crippen molar-refractivity contribution in [1.29, 1.82) is 5.26 Å². The molecule has 0 aliphatic heterocycles. The number of carboxylic acid groups (broad SMARTS) is 1. The highest BCUT2D eigenvalue weighted by molar-refractivity contribution is 8.13. The standard InChI is InChI=1S/C10H8FN3O3S/c1-18-10(13-4-12)14-6-3-2-5(11)7(8(6)15)9(16)17/h2-3,15H,1H3,(H,13,14)(H,16,17). The zero-order chi connectivity index (χ0) is 13.7. The van der Waals surface area contributed by atoms with E-state index in [-0.39, 0.29) is 10.9 Å². The molecule has 0 amide bonds. The van der Waals surface area contributed by atoms with Gasteiger partial charge in [-0.2, -0.15) is 5.26 Å². The van der Waals surface area contributed by atoms with Crippen LogP contribution in [0.3, 0.4) is 0 Å². The van der Waals surface area contributed by atoms with E-state index in [1.54, 1.807) is 12.4 Å². The number of phenols is 1. The van der Waals surface area contributed by atoms with E-state index in [0.29, 0.717) is 0 Å². The van der Waals surface area contributed by atoms with Gasteiger partial charge in [0.05, 0.1) is 0 Å². The molecule has 0 spiro atoms. The molecule has 0 atom stereocenters. The fraction of sp³-hybridized carbons (Fsp3) is 0.100. The van der Waals surface area contributed by atoms with Crippen molar-refractivity contribution in [3.05, 3.63) is 23.5 Å². The minimum absolute atomic E-state index is 0.138. The number of halogens is 1. The fourth-order valence-corrected chi connectivity index (χ4v) is 1.47. The Bertz CT molecular complexity index is 554. The van der Waals surface area contributed by atoms with Crippen LogP contribution in [0.2, 0.25) is 0 Å². The maximum Gasteiger partial charge on any atom is 0.342 e. The first kappa shape index (κ1) is 13.8. The molecule has 0 bridgehead atoms. The summed E-state index contributed by atoms with van der Waals surface area (Å²) in [5, 5.41) is 29.2. The Morgan fingerprint density at radius 1 is 1.61 bits per heavy atom. The van der Waals surface area contributed by atoms with Gasteiger partial charge in [-0.15, -0.1) is 0 Å². The number of hydrogen-bond donors (Lipinski definition) is 3. The van der Waals surface area contributed by atoms with E-state index in [4.69, 9.17) is 10.4 Å². The van der Waals surface area contributed by atoms with Crippen LogP contribution in [0.25, 0.3) is 0 Å². The number of rotatable bonds is 2. The molecule has 1 aromatic rings. The monoisotopic (exact) mass is 269 g/mol. The number of benzene rings is 1. The molecule has 0 fully saturated rings. The van der Waals surface area contributed by atoms with E-state index in [9.17, 15) is 14.3 Å². The Kier molecular flexibility index (Phi) is 4.51. The largest absolute Gasteiger partial charge is 0.505 e. The van der Waals surface area contributed by atoms with E-state index < -0.39 is 23.1 Å². The molecule has 0 heterocycles. The lowest BCUT2D eigenvalue weighted by atomic mass is 10.1. The molecule has 6 nitrogen and oxygen atoms in total. The zero-order valence-corrected chi connectivity index (χ0v) is 9.95. The molecule has 94 valence electrons. The number of aliphatic imine (C=N–C) groups is 1. The normalized spacial score (nSPS) is 10.8. The van der Waals surface area contributed by atoms with Crippen LogP contribution in [0.1, 0.15) is 10.4 Å². The fourth-order valence-electron chi connectivity index (χ4n) is 1.13. The first-order valence-electron chi connectivity index (χ1n) is 4.53. The van der Waals surface area contributed by atoms with Crippen LogP contribution in [-0.2, 0) is 0 Å². The number of nitrogens with one attached hydrogen (secondary N) is 1. The highest BCUT2D eigenvalue weighted by atomic mass is 32.2. The summed E-state index contributed by atoms with van der Waals surface area (Å²) in [4.78, 5) is 14.6. The zero-order valence-electron chi connectivity index (χ0n) is 9.14. The van der Waals surface area contributed by atoms with Gasteiger partial charge in [0.2, 0.25) is 0 Å². The third kappa shape index (κ3) is 2.89. The molecule has 0 aliphatic carbocycles. The Morgan fingerprint density at radius 2 is 2.28 bits per heavy atom. The molecule has 1 aromatic carbocycles. The van der Waals surface area contributed by atoms with Crippen molar-refractivity contribution in [3.8, 4) is 11.9 Å². The van der Waals surface area contributed by atoms with Crippen molar-refractivity contribution in [2.24, 2.45) is 4.99 Å². The van der Waals surface area contributed by atoms with Gasteiger partial charge in [0.1, 0.15) is 17.1 Å². The van der Waals surface area contributed by atoms with Crippen molar-refractivity contribution in [2.75, 3.05) is 6.26 Å². The Morgan fingerprint density at radius 3 is 2.78 bits per heavy atom. The van der Waals surface area contributed by atoms with Gasteiger partial charge in [-0.1, -0.05) is 11.8 Å². The van der Waals surface area contributed by atoms with E-state index in [0.717, 1.165) is 23.9 Å². The van der Waals surface area contributed by atoms with Crippen molar-refractivity contribution in [1.82, 2.24) is 5.32 Å².